The molecule has 1 amide bonds. The molecule has 0 spiro atoms. The van der Waals surface area contributed by atoms with Crippen molar-refractivity contribution in [3.8, 4) is 16.9 Å². The lowest BCUT2D eigenvalue weighted by Crippen LogP contribution is -2.44. The van der Waals surface area contributed by atoms with Gasteiger partial charge in [-0.3, -0.25) is 9.59 Å². The van der Waals surface area contributed by atoms with Gasteiger partial charge in [0.05, 0.1) is 0 Å². The SMILES string of the molecule is CC(NC(=O)C(C)Oc1ccc(-c2ccccc2)cc1)C(=O)O. The van der Waals surface area contributed by atoms with Gasteiger partial charge in [-0.05, 0) is 37.1 Å². The average molecular weight is 313 g/mol. The highest BCUT2D eigenvalue weighted by Gasteiger charge is 2.20. The van der Waals surface area contributed by atoms with Crippen molar-refractivity contribution in [3.05, 3.63) is 54.6 Å². The minimum atomic E-state index is -1.09. The lowest BCUT2D eigenvalue weighted by Gasteiger charge is -2.16. The molecular weight excluding hydrogens is 294 g/mol. The first-order valence-electron chi connectivity index (χ1n) is 7.32. The molecule has 5 heteroatoms. The van der Waals surface area contributed by atoms with Gasteiger partial charge in [-0.1, -0.05) is 42.5 Å². The number of aliphatic carboxylic acids is 1. The Kier molecular flexibility index (Phi) is 5.36. The number of carbonyl (C=O) groups excluding carboxylic acids is 1. The van der Waals surface area contributed by atoms with Gasteiger partial charge in [0.2, 0.25) is 0 Å². The Labute approximate surface area is 134 Å². The van der Waals surface area contributed by atoms with Crippen LogP contribution in [0.2, 0.25) is 0 Å². The molecule has 0 heterocycles. The topological polar surface area (TPSA) is 75.6 Å². The van der Waals surface area contributed by atoms with Crippen molar-refractivity contribution in [2.24, 2.45) is 0 Å². The third-order valence-corrected chi connectivity index (χ3v) is 3.37. The van der Waals surface area contributed by atoms with Crippen molar-refractivity contribution >= 4 is 11.9 Å². The van der Waals surface area contributed by atoms with Gasteiger partial charge in [-0.15, -0.1) is 0 Å². The Morgan fingerprint density at radius 1 is 0.957 bits per heavy atom. The molecule has 2 atom stereocenters. The molecule has 0 aromatic heterocycles. The van der Waals surface area contributed by atoms with Crippen molar-refractivity contribution in [3.63, 3.8) is 0 Å². The van der Waals surface area contributed by atoms with E-state index >= 15 is 0 Å². The van der Waals surface area contributed by atoms with Crippen LogP contribution < -0.4 is 10.1 Å². The Hall–Kier alpha value is -2.82. The number of benzene rings is 2. The van der Waals surface area contributed by atoms with Gasteiger partial charge < -0.3 is 15.2 Å². The zero-order valence-electron chi connectivity index (χ0n) is 13.0. The van der Waals surface area contributed by atoms with Crippen molar-refractivity contribution in [2.75, 3.05) is 0 Å². The van der Waals surface area contributed by atoms with Crippen LogP contribution in [-0.2, 0) is 9.59 Å². The Morgan fingerprint density at radius 2 is 1.52 bits per heavy atom. The number of carbonyl (C=O) groups is 2. The fraction of sp³-hybridized carbons (Fsp3) is 0.222. The molecular formula is C18H19NO4. The van der Waals surface area contributed by atoms with Gasteiger partial charge in [-0.25, -0.2) is 0 Å². The zero-order chi connectivity index (χ0) is 16.8. The van der Waals surface area contributed by atoms with E-state index in [0.717, 1.165) is 11.1 Å². The Balaban J connectivity index is 1.98. The van der Waals surface area contributed by atoms with Gasteiger partial charge in [0.25, 0.3) is 5.91 Å². The summed E-state index contributed by atoms with van der Waals surface area (Å²) < 4.78 is 5.54. The van der Waals surface area contributed by atoms with E-state index in [-0.39, 0.29) is 0 Å². The van der Waals surface area contributed by atoms with Crippen LogP contribution >= 0.6 is 0 Å². The molecule has 2 unspecified atom stereocenters. The number of carboxylic acid groups (broad SMARTS) is 1. The highest BCUT2D eigenvalue weighted by atomic mass is 16.5. The maximum atomic E-state index is 11.9. The molecule has 0 radical (unpaired) electrons. The Bertz CT molecular complexity index is 667. The number of hydrogen-bond donors (Lipinski definition) is 2. The summed E-state index contributed by atoms with van der Waals surface area (Å²) in [6.07, 6.45) is -0.778. The summed E-state index contributed by atoms with van der Waals surface area (Å²) in [5.74, 6) is -1.000. The quantitative estimate of drug-likeness (QED) is 0.860. The maximum absolute atomic E-state index is 11.9. The highest BCUT2D eigenvalue weighted by Crippen LogP contribution is 2.22. The molecule has 2 rings (SSSR count). The number of hydrogen-bond acceptors (Lipinski definition) is 3. The molecule has 0 fully saturated rings. The average Bonchev–Trinajstić information content (AvgIpc) is 2.56. The highest BCUT2D eigenvalue weighted by molar-refractivity contribution is 5.86. The molecule has 23 heavy (non-hydrogen) atoms. The number of carboxylic acids is 1. The summed E-state index contributed by atoms with van der Waals surface area (Å²) in [4.78, 5) is 22.6. The lowest BCUT2D eigenvalue weighted by molar-refractivity contribution is -0.142. The van der Waals surface area contributed by atoms with Crippen LogP contribution in [0.5, 0.6) is 5.75 Å². The molecule has 0 saturated carbocycles. The fourth-order valence-corrected chi connectivity index (χ4v) is 2.01. The molecule has 0 aliphatic rings. The van der Waals surface area contributed by atoms with Crippen molar-refractivity contribution in [1.82, 2.24) is 5.32 Å². The summed E-state index contributed by atoms with van der Waals surface area (Å²) in [5.41, 5.74) is 2.15. The standard InChI is InChI=1S/C18H19NO4/c1-12(18(21)22)19-17(20)13(2)23-16-10-8-15(9-11-16)14-6-4-3-5-7-14/h3-13H,1-2H3,(H,19,20)(H,21,22). The van der Waals surface area contributed by atoms with E-state index in [0.29, 0.717) is 5.75 Å². The van der Waals surface area contributed by atoms with Gasteiger partial charge in [0.15, 0.2) is 6.10 Å². The molecule has 0 aliphatic heterocycles. The Morgan fingerprint density at radius 3 is 2.09 bits per heavy atom. The van der Waals surface area contributed by atoms with Crippen LogP contribution in [0.3, 0.4) is 0 Å². The van der Waals surface area contributed by atoms with Crippen LogP contribution in [-0.4, -0.2) is 29.1 Å². The van der Waals surface area contributed by atoms with E-state index in [1.165, 1.54) is 6.92 Å². The normalized spacial score (nSPS) is 13.0. The van der Waals surface area contributed by atoms with Crippen LogP contribution in [0, 0.1) is 0 Å². The second-order valence-electron chi connectivity index (χ2n) is 5.22. The summed E-state index contributed by atoms with van der Waals surface area (Å²) >= 11 is 0. The molecule has 5 nitrogen and oxygen atoms in total. The predicted octanol–water partition coefficient (Wildman–Crippen LogP) is 2.71. The first-order chi connectivity index (χ1) is 11.0. The molecule has 0 bridgehead atoms. The number of ether oxygens (including phenoxy) is 1. The van der Waals surface area contributed by atoms with E-state index in [2.05, 4.69) is 5.32 Å². The minimum absolute atomic E-state index is 0.466. The van der Waals surface area contributed by atoms with Crippen LogP contribution in [0.15, 0.2) is 54.6 Å². The molecule has 0 saturated heterocycles. The number of rotatable bonds is 6. The van der Waals surface area contributed by atoms with Gasteiger partial charge in [0, 0.05) is 0 Å². The van der Waals surface area contributed by atoms with Crippen LogP contribution in [0.1, 0.15) is 13.8 Å². The van der Waals surface area contributed by atoms with Gasteiger partial charge in [0.1, 0.15) is 11.8 Å². The minimum Gasteiger partial charge on any atom is -0.481 e. The molecule has 2 N–H and O–H groups in total. The third kappa shape index (κ3) is 4.57. The molecule has 120 valence electrons. The maximum Gasteiger partial charge on any atom is 0.325 e. The van der Waals surface area contributed by atoms with Crippen LogP contribution in [0.25, 0.3) is 11.1 Å². The monoisotopic (exact) mass is 313 g/mol. The lowest BCUT2D eigenvalue weighted by atomic mass is 10.1. The largest absolute Gasteiger partial charge is 0.481 e. The van der Waals surface area contributed by atoms with Gasteiger partial charge in [-0.2, -0.15) is 0 Å². The smallest absolute Gasteiger partial charge is 0.325 e. The molecule has 2 aromatic carbocycles. The first kappa shape index (κ1) is 16.5. The summed E-state index contributed by atoms with van der Waals surface area (Å²) in [7, 11) is 0. The second-order valence-corrected chi connectivity index (χ2v) is 5.22. The van der Waals surface area contributed by atoms with Crippen LogP contribution in [0.4, 0.5) is 0 Å². The summed E-state index contributed by atoms with van der Waals surface area (Å²) in [5, 5.41) is 11.2. The van der Waals surface area contributed by atoms with E-state index in [1.54, 1.807) is 19.1 Å². The molecule has 0 aliphatic carbocycles. The van der Waals surface area contributed by atoms with Crippen molar-refractivity contribution in [1.29, 1.82) is 0 Å². The zero-order valence-corrected chi connectivity index (χ0v) is 13.0. The molecule has 2 aromatic rings. The number of amides is 1. The van der Waals surface area contributed by atoms with Crippen molar-refractivity contribution < 1.29 is 19.4 Å². The van der Waals surface area contributed by atoms with Gasteiger partial charge >= 0.3 is 5.97 Å². The fourth-order valence-electron chi connectivity index (χ4n) is 2.01. The van der Waals surface area contributed by atoms with E-state index in [4.69, 9.17) is 9.84 Å². The van der Waals surface area contributed by atoms with E-state index in [1.807, 2.05) is 42.5 Å². The summed E-state index contributed by atoms with van der Waals surface area (Å²) in [6.45, 7) is 2.98. The van der Waals surface area contributed by atoms with Crippen molar-refractivity contribution in [2.45, 2.75) is 26.0 Å². The predicted molar refractivity (Wildman–Crippen MR) is 87.2 cm³/mol. The van der Waals surface area contributed by atoms with E-state index in [9.17, 15) is 9.59 Å². The second kappa shape index (κ2) is 7.45. The number of nitrogens with one attached hydrogen (secondary N) is 1. The summed E-state index contributed by atoms with van der Waals surface area (Å²) in [6, 6.07) is 16.4. The van der Waals surface area contributed by atoms with E-state index < -0.39 is 24.0 Å². The first-order valence-corrected chi connectivity index (χ1v) is 7.32. The third-order valence-electron chi connectivity index (χ3n) is 3.37.